The predicted molar refractivity (Wildman–Crippen MR) is 206 cm³/mol. The number of carbonyl (C=O) groups excluding carboxylic acids is 4. The molecular weight excluding hydrogens is 690 g/mol. The smallest absolute Gasteiger partial charge is 0.411 e. The van der Waals surface area contributed by atoms with Crippen molar-refractivity contribution in [3.63, 3.8) is 0 Å². The summed E-state index contributed by atoms with van der Waals surface area (Å²) in [5.41, 5.74) is 8.94. The lowest BCUT2D eigenvalue weighted by Crippen LogP contribution is -2.55. The number of amides is 4. The molecule has 2 unspecified atom stereocenters. The van der Waals surface area contributed by atoms with Crippen LogP contribution in [0.25, 0.3) is 11.0 Å². The second-order valence-electron chi connectivity index (χ2n) is 14.2. The Morgan fingerprint density at radius 3 is 2.06 bits per heavy atom. The third-order valence-electron chi connectivity index (χ3n) is 9.73. The number of aryl methyl sites for hydroxylation is 1. The third kappa shape index (κ3) is 11.4. The molecule has 3 aromatic carbocycles. The maximum absolute atomic E-state index is 13.7. The molecule has 2 atom stereocenters. The molecule has 4 amide bonds. The van der Waals surface area contributed by atoms with E-state index in [1.807, 2.05) is 44.2 Å². The average molecular weight is 740 g/mol. The van der Waals surface area contributed by atoms with Gasteiger partial charge in [0.15, 0.2) is 0 Å². The van der Waals surface area contributed by atoms with Gasteiger partial charge in [0.2, 0.25) is 11.8 Å². The van der Waals surface area contributed by atoms with Gasteiger partial charge in [0.1, 0.15) is 30.9 Å². The van der Waals surface area contributed by atoms with Gasteiger partial charge in [-0.2, -0.15) is 0 Å². The van der Waals surface area contributed by atoms with Crippen LogP contribution in [0.5, 0.6) is 0 Å². The number of anilines is 2. The van der Waals surface area contributed by atoms with Crippen LogP contribution in [0, 0.1) is 24.7 Å². The monoisotopic (exact) mass is 739 g/mol. The fraction of sp³-hybridized carbons (Fsp3) is 0.390. The molecule has 0 radical (unpaired) electrons. The van der Waals surface area contributed by atoms with E-state index in [0.717, 1.165) is 42.2 Å². The molecule has 1 aliphatic carbocycles. The standard InChI is InChI=1S/C41H49N5O8/c1-25(2)37(46-41(51)53-23-29-7-5-4-6-8-29)39(49)45-34(20-27-9-11-28(22-42)12-10-27)38(48)43-31-15-13-30(14-16-31)24-52-40(50)44-32-17-18-33-26(3)19-36(47)54-35(33)21-32/h4-8,13-19,21,25,27-28,34,37H,9-12,20,22-24,42H2,1-3H3,(H,43,48)(H,44,50)(H,45,49)(H,46,51). The molecule has 286 valence electrons. The summed E-state index contributed by atoms with van der Waals surface area (Å²) < 4.78 is 16.0. The highest BCUT2D eigenvalue weighted by atomic mass is 16.6. The summed E-state index contributed by atoms with van der Waals surface area (Å²) in [6, 6.07) is 20.7. The quantitative estimate of drug-likeness (QED) is 0.0914. The molecule has 13 heteroatoms. The first-order chi connectivity index (χ1) is 26.0. The molecule has 0 aliphatic heterocycles. The van der Waals surface area contributed by atoms with Crippen LogP contribution in [0.15, 0.2) is 88.1 Å². The minimum atomic E-state index is -0.931. The summed E-state index contributed by atoms with van der Waals surface area (Å²) in [5, 5.41) is 11.9. The highest BCUT2D eigenvalue weighted by molar-refractivity contribution is 5.98. The highest BCUT2D eigenvalue weighted by Gasteiger charge is 2.32. The van der Waals surface area contributed by atoms with Crippen molar-refractivity contribution in [1.29, 1.82) is 0 Å². The van der Waals surface area contributed by atoms with Crippen molar-refractivity contribution < 1.29 is 33.1 Å². The van der Waals surface area contributed by atoms with Crippen molar-refractivity contribution >= 4 is 46.3 Å². The van der Waals surface area contributed by atoms with Crippen molar-refractivity contribution in [3.8, 4) is 0 Å². The van der Waals surface area contributed by atoms with Crippen LogP contribution >= 0.6 is 0 Å². The number of benzene rings is 3. The van der Waals surface area contributed by atoms with E-state index in [1.165, 1.54) is 6.07 Å². The van der Waals surface area contributed by atoms with E-state index in [-0.39, 0.29) is 31.0 Å². The Morgan fingerprint density at radius 1 is 0.759 bits per heavy atom. The molecule has 1 fully saturated rings. The second kappa shape index (κ2) is 18.9. The minimum absolute atomic E-state index is 0.0383. The van der Waals surface area contributed by atoms with E-state index >= 15 is 0 Å². The fourth-order valence-electron chi connectivity index (χ4n) is 6.58. The normalized spacial score (nSPS) is 16.5. The minimum Gasteiger partial charge on any atom is -0.445 e. The Bertz CT molecular complexity index is 1960. The number of alkyl carbamates (subject to hydrolysis) is 1. The lowest BCUT2D eigenvalue weighted by atomic mass is 9.79. The average Bonchev–Trinajstić information content (AvgIpc) is 3.16. The van der Waals surface area contributed by atoms with Crippen LogP contribution in [0.3, 0.4) is 0 Å². The van der Waals surface area contributed by atoms with Gasteiger partial charge < -0.3 is 35.6 Å². The maximum atomic E-state index is 13.7. The zero-order chi connectivity index (χ0) is 38.6. The molecule has 1 aromatic heterocycles. The number of hydrogen-bond donors (Lipinski definition) is 5. The van der Waals surface area contributed by atoms with Crippen molar-refractivity contribution in [1.82, 2.24) is 10.6 Å². The van der Waals surface area contributed by atoms with Gasteiger partial charge in [-0.25, -0.2) is 14.4 Å². The Kier molecular flexibility index (Phi) is 13.8. The van der Waals surface area contributed by atoms with Crippen molar-refractivity contribution in [3.05, 3.63) is 106 Å². The van der Waals surface area contributed by atoms with Gasteiger partial charge in [0.25, 0.3) is 0 Å². The van der Waals surface area contributed by atoms with Gasteiger partial charge in [0.05, 0.1) is 0 Å². The molecule has 1 heterocycles. The van der Waals surface area contributed by atoms with Gasteiger partial charge in [-0.15, -0.1) is 0 Å². The molecule has 1 saturated carbocycles. The number of ether oxygens (including phenoxy) is 2. The first kappa shape index (κ1) is 39.5. The lowest BCUT2D eigenvalue weighted by molar-refractivity contribution is -0.129. The summed E-state index contributed by atoms with van der Waals surface area (Å²) in [5.74, 6) is -0.475. The second-order valence-corrected chi connectivity index (χ2v) is 14.2. The number of fused-ring (bicyclic) bond motifs is 1. The molecule has 6 N–H and O–H groups in total. The number of nitrogens with one attached hydrogen (secondary N) is 4. The molecule has 1 aliphatic rings. The molecule has 4 aromatic rings. The summed E-state index contributed by atoms with van der Waals surface area (Å²) in [6.45, 7) is 6.07. The topological polar surface area (TPSA) is 191 Å². The van der Waals surface area contributed by atoms with Gasteiger partial charge in [0, 0.05) is 28.9 Å². The number of carbonyl (C=O) groups is 4. The molecule has 0 bridgehead atoms. The Balaban J connectivity index is 1.18. The summed E-state index contributed by atoms with van der Waals surface area (Å²) in [6.07, 6.45) is 2.75. The third-order valence-corrected chi connectivity index (χ3v) is 9.73. The lowest BCUT2D eigenvalue weighted by Gasteiger charge is -2.31. The first-order valence-electron chi connectivity index (χ1n) is 18.3. The maximum Gasteiger partial charge on any atom is 0.411 e. The SMILES string of the molecule is Cc1cc(=O)oc2cc(NC(=O)OCc3ccc(NC(=O)C(CC4CCC(CN)CC4)NC(=O)C(NC(=O)OCc4ccccc4)C(C)C)cc3)ccc12. The van der Waals surface area contributed by atoms with Gasteiger partial charge in [-0.1, -0.05) is 69.2 Å². The molecule has 0 spiro atoms. The van der Waals surface area contributed by atoms with E-state index < -0.39 is 35.8 Å². The van der Waals surface area contributed by atoms with Gasteiger partial charge >= 0.3 is 17.8 Å². The molecule has 54 heavy (non-hydrogen) atoms. The fourth-order valence-corrected chi connectivity index (χ4v) is 6.58. The molecule has 5 rings (SSSR count). The molecule has 13 nitrogen and oxygen atoms in total. The molecule has 0 saturated heterocycles. The molecular formula is C41H49N5O8. The zero-order valence-electron chi connectivity index (χ0n) is 30.9. The highest BCUT2D eigenvalue weighted by Crippen LogP contribution is 2.31. The van der Waals surface area contributed by atoms with Crippen LogP contribution in [0.4, 0.5) is 21.0 Å². The summed E-state index contributed by atoms with van der Waals surface area (Å²) in [4.78, 5) is 64.3. The van der Waals surface area contributed by atoms with Gasteiger partial charge in [-0.3, -0.25) is 14.9 Å². The van der Waals surface area contributed by atoms with Crippen molar-refractivity contribution in [2.45, 2.75) is 78.2 Å². The van der Waals surface area contributed by atoms with Crippen molar-refractivity contribution in [2.75, 3.05) is 17.2 Å². The largest absolute Gasteiger partial charge is 0.445 e. The van der Waals surface area contributed by atoms with E-state index in [2.05, 4.69) is 21.3 Å². The Hall–Kier alpha value is -5.69. The Labute approximate surface area is 314 Å². The van der Waals surface area contributed by atoms with Crippen LogP contribution in [0.1, 0.15) is 62.6 Å². The van der Waals surface area contributed by atoms with E-state index in [4.69, 9.17) is 19.6 Å². The first-order valence-corrected chi connectivity index (χ1v) is 18.3. The van der Waals surface area contributed by atoms with Crippen LogP contribution in [0.2, 0.25) is 0 Å². The van der Waals surface area contributed by atoms with E-state index in [0.29, 0.717) is 41.4 Å². The summed E-state index contributed by atoms with van der Waals surface area (Å²) >= 11 is 0. The van der Waals surface area contributed by atoms with Crippen molar-refractivity contribution in [2.24, 2.45) is 23.5 Å². The zero-order valence-corrected chi connectivity index (χ0v) is 30.9. The Morgan fingerprint density at radius 2 is 1.39 bits per heavy atom. The van der Waals surface area contributed by atoms with Gasteiger partial charge in [-0.05, 0) is 91.4 Å². The number of rotatable bonds is 14. The van der Waals surface area contributed by atoms with Crippen LogP contribution in [-0.4, -0.2) is 42.6 Å². The number of hydrogen-bond acceptors (Lipinski definition) is 9. The number of nitrogens with two attached hydrogens (primary N) is 1. The van der Waals surface area contributed by atoms with Crippen LogP contribution < -0.4 is 32.6 Å². The predicted octanol–water partition coefficient (Wildman–Crippen LogP) is 6.38. The van der Waals surface area contributed by atoms with E-state index in [1.54, 1.807) is 49.4 Å². The van der Waals surface area contributed by atoms with Crippen LogP contribution in [-0.2, 0) is 32.3 Å². The summed E-state index contributed by atoms with van der Waals surface area (Å²) in [7, 11) is 0. The van der Waals surface area contributed by atoms with E-state index in [9.17, 15) is 24.0 Å².